The minimum Gasteiger partial charge on any atom is -0.468 e. The Kier molecular flexibility index (Phi) is 6.90. The van der Waals surface area contributed by atoms with Crippen molar-refractivity contribution in [3.8, 4) is 0 Å². The lowest BCUT2D eigenvalue weighted by atomic mass is 10.2. The first-order valence-corrected chi connectivity index (χ1v) is 9.57. The first-order valence-electron chi connectivity index (χ1n) is 8.08. The van der Waals surface area contributed by atoms with Crippen molar-refractivity contribution in [2.75, 3.05) is 7.05 Å². The van der Waals surface area contributed by atoms with Crippen molar-refractivity contribution in [1.29, 1.82) is 0 Å². The molecule has 1 aromatic heterocycles. The van der Waals surface area contributed by atoms with Crippen LogP contribution in [0.3, 0.4) is 0 Å². The largest absolute Gasteiger partial charge is 0.468 e. The molecule has 1 unspecified atom stereocenters. The standard InChI is InChI=1S/C17H19N3O7S/c1-11(15(21)20-17(23)18-2)27-16(22)12-5-7-14(8-6-12)28(24,25)19-10-13-4-3-9-26-13/h3-9,11,19H,10H2,1-2H3,(H2,18,20,21,23). The van der Waals surface area contributed by atoms with Crippen LogP contribution in [0, 0.1) is 0 Å². The number of ether oxygens (including phenoxy) is 1. The number of urea groups is 1. The van der Waals surface area contributed by atoms with Crippen LogP contribution in [-0.4, -0.2) is 39.5 Å². The van der Waals surface area contributed by atoms with Gasteiger partial charge in [-0.2, -0.15) is 0 Å². The molecule has 0 aliphatic carbocycles. The molecule has 0 saturated carbocycles. The van der Waals surface area contributed by atoms with E-state index in [0.29, 0.717) is 5.76 Å². The van der Waals surface area contributed by atoms with Crippen molar-refractivity contribution in [3.63, 3.8) is 0 Å². The molecule has 1 aromatic carbocycles. The van der Waals surface area contributed by atoms with Crippen molar-refractivity contribution in [1.82, 2.24) is 15.4 Å². The monoisotopic (exact) mass is 409 g/mol. The summed E-state index contributed by atoms with van der Waals surface area (Å²) in [4.78, 5) is 34.8. The number of rotatable bonds is 7. The number of hydrogen-bond acceptors (Lipinski definition) is 7. The molecule has 1 atom stereocenters. The van der Waals surface area contributed by atoms with E-state index in [1.165, 1.54) is 44.5 Å². The highest BCUT2D eigenvalue weighted by molar-refractivity contribution is 7.89. The summed E-state index contributed by atoms with van der Waals surface area (Å²) in [5.41, 5.74) is 0.0459. The summed E-state index contributed by atoms with van der Waals surface area (Å²) in [7, 11) is -2.47. The maximum atomic E-state index is 12.2. The number of furan rings is 1. The van der Waals surface area contributed by atoms with Gasteiger partial charge in [-0.05, 0) is 43.3 Å². The fraction of sp³-hybridized carbons (Fsp3) is 0.235. The zero-order valence-electron chi connectivity index (χ0n) is 15.1. The lowest BCUT2D eigenvalue weighted by Gasteiger charge is -2.13. The summed E-state index contributed by atoms with van der Waals surface area (Å²) in [5.74, 6) is -1.19. The van der Waals surface area contributed by atoms with Crippen LogP contribution in [-0.2, 0) is 26.1 Å². The third kappa shape index (κ3) is 5.66. The minimum absolute atomic E-state index is 0.0168. The number of carbonyl (C=O) groups excluding carboxylic acids is 3. The van der Waals surface area contributed by atoms with Gasteiger partial charge >= 0.3 is 12.0 Å². The Balaban J connectivity index is 1.98. The lowest BCUT2D eigenvalue weighted by molar-refractivity contribution is -0.127. The molecular weight excluding hydrogens is 390 g/mol. The van der Waals surface area contributed by atoms with Crippen LogP contribution < -0.4 is 15.4 Å². The smallest absolute Gasteiger partial charge is 0.338 e. The highest BCUT2D eigenvalue weighted by Crippen LogP contribution is 2.13. The van der Waals surface area contributed by atoms with E-state index in [2.05, 4.69) is 10.0 Å². The van der Waals surface area contributed by atoms with Crippen LogP contribution in [0.4, 0.5) is 4.79 Å². The van der Waals surface area contributed by atoms with E-state index in [1.807, 2.05) is 5.32 Å². The molecule has 150 valence electrons. The third-order valence-electron chi connectivity index (χ3n) is 3.53. The van der Waals surface area contributed by atoms with Gasteiger partial charge in [-0.1, -0.05) is 0 Å². The molecule has 10 nitrogen and oxygen atoms in total. The van der Waals surface area contributed by atoms with Crippen LogP contribution in [0.2, 0.25) is 0 Å². The second-order valence-electron chi connectivity index (χ2n) is 5.54. The first-order chi connectivity index (χ1) is 13.2. The molecule has 0 radical (unpaired) electrons. The summed E-state index contributed by atoms with van der Waals surface area (Å²) in [6.07, 6.45) is 0.211. The Hall–Kier alpha value is -3.18. The Morgan fingerprint density at radius 2 is 1.82 bits per heavy atom. The molecule has 11 heteroatoms. The predicted octanol–water partition coefficient (Wildman–Crippen LogP) is 0.759. The molecule has 0 aliphatic rings. The number of hydrogen-bond donors (Lipinski definition) is 3. The first kappa shape index (κ1) is 21.1. The molecular formula is C17H19N3O7S. The number of sulfonamides is 1. The van der Waals surface area contributed by atoms with E-state index in [1.54, 1.807) is 12.1 Å². The molecule has 3 amide bonds. The topological polar surface area (TPSA) is 144 Å². The number of esters is 1. The van der Waals surface area contributed by atoms with Crippen LogP contribution in [0.15, 0.2) is 52.0 Å². The van der Waals surface area contributed by atoms with E-state index in [9.17, 15) is 22.8 Å². The summed E-state index contributed by atoms with van der Waals surface area (Å²) in [6.45, 7) is 1.28. The maximum absolute atomic E-state index is 12.2. The second kappa shape index (κ2) is 9.15. The van der Waals surface area contributed by atoms with Crippen LogP contribution in [0.5, 0.6) is 0 Å². The third-order valence-corrected chi connectivity index (χ3v) is 4.95. The Labute approximate surface area is 161 Å². The average Bonchev–Trinajstić information content (AvgIpc) is 3.20. The van der Waals surface area contributed by atoms with Gasteiger partial charge in [0.05, 0.1) is 23.3 Å². The fourth-order valence-corrected chi connectivity index (χ4v) is 2.98. The minimum atomic E-state index is -3.80. The van der Waals surface area contributed by atoms with Crippen molar-refractivity contribution in [3.05, 3.63) is 54.0 Å². The van der Waals surface area contributed by atoms with E-state index in [0.717, 1.165) is 0 Å². The van der Waals surface area contributed by atoms with Gasteiger partial charge < -0.3 is 14.5 Å². The van der Waals surface area contributed by atoms with E-state index in [4.69, 9.17) is 9.15 Å². The zero-order valence-corrected chi connectivity index (χ0v) is 15.9. The molecule has 2 aromatic rings. The predicted molar refractivity (Wildman–Crippen MR) is 96.7 cm³/mol. The molecule has 0 spiro atoms. The van der Waals surface area contributed by atoms with Gasteiger partial charge in [0.15, 0.2) is 6.10 Å². The van der Waals surface area contributed by atoms with Crippen molar-refractivity contribution < 1.29 is 32.0 Å². The van der Waals surface area contributed by atoms with Crippen molar-refractivity contribution >= 4 is 27.9 Å². The molecule has 2 rings (SSSR count). The van der Waals surface area contributed by atoms with Gasteiger partial charge in [0.2, 0.25) is 10.0 Å². The van der Waals surface area contributed by atoms with Crippen molar-refractivity contribution in [2.24, 2.45) is 0 Å². The lowest BCUT2D eigenvalue weighted by Crippen LogP contribution is -2.43. The molecule has 28 heavy (non-hydrogen) atoms. The second-order valence-corrected chi connectivity index (χ2v) is 7.31. The normalized spacial score (nSPS) is 12.1. The summed E-state index contributed by atoms with van der Waals surface area (Å²) < 4.78 is 36.9. The summed E-state index contributed by atoms with van der Waals surface area (Å²) in [5, 5.41) is 4.17. The number of benzene rings is 1. The van der Waals surface area contributed by atoms with Gasteiger partial charge in [-0.25, -0.2) is 22.7 Å². The summed E-state index contributed by atoms with van der Waals surface area (Å²) in [6, 6.07) is 7.51. The number of carbonyl (C=O) groups is 3. The van der Waals surface area contributed by atoms with Gasteiger partial charge in [-0.3, -0.25) is 10.1 Å². The molecule has 1 heterocycles. The van der Waals surface area contributed by atoms with Gasteiger partial charge in [0.1, 0.15) is 5.76 Å². The molecule has 0 fully saturated rings. The Morgan fingerprint density at radius 3 is 2.39 bits per heavy atom. The zero-order chi connectivity index (χ0) is 20.7. The average molecular weight is 409 g/mol. The van der Waals surface area contributed by atoms with E-state index in [-0.39, 0.29) is 17.0 Å². The number of nitrogens with one attached hydrogen (secondary N) is 3. The molecule has 0 aliphatic heterocycles. The van der Waals surface area contributed by atoms with Gasteiger partial charge in [0.25, 0.3) is 5.91 Å². The SMILES string of the molecule is CNC(=O)NC(=O)C(C)OC(=O)c1ccc(S(=O)(=O)NCc2ccco2)cc1. The van der Waals surface area contributed by atoms with E-state index >= 15 is 0 Å². The molecule has 0 saturated heterocycles. The Bertz CT molecular complexity index is 938. The van der Waals surface area contributed by atoms with Crippen LogP contribution in [0.25, 0.3) is 0 Å². The number of amides is 3. The summed E-state index contributed by atoms with van der Waals surface area (Å²) >= 11 is 0. The Morgan fingerprint density at radius 1 is 1.14 bits per heavy atom. The van der Waals surface area contributed by atoms with Crippen LogP contribution in [0.1, 0.15) is 23.0 Å². The molecule has 0 bridgehead atoms. The van der Waals surface area contributed by atoms with Crippen molar-refractivity contribution in [2.45, 2.75) is 24.5 Å². The van der Waals surface area contributed by atoms with Gasteiger partial charge in [0, 0.05) is 7.05 Å². The highest BCUT2D eigenvalue weighted by atomic mass is 32.2. The molecule has 3 N–H and O–H groups in total. The van der Waals surface area contributed by atoms with E-state index < -0.39 is 34.0 Å². The number of imide groups is 1. The van der Waals surface area contributed by atoms with Gasteiger partial charge in [-0.15, -0.1) is 0 Å². The van der Waals surface area contributed by atoms with Crippen LogP contribution >= 0.6 is 0 Å². The maximum Gasteiger partial charge on any atom is 0.338 e. The quantitative estimate of drug-likeness (QED) is 0.573. The highest BCUT2D eigenvalue weighted by Gasteiger charge is 2.21. The fourth-order valence-electron chi connectivity index (χ4n) is 1.99.